The summed E-state index contributed by atoms with van der Waals surface area (Å²) in [6.45, 7) is 9.49. The van der Waals surface area contributed by atoms with E-state index in [9.17, 15) is 0 Å². The highest BCUT2D eigenvalue weighted by Gasteiger charge is 2.31. The second-order valence-corrected chi connectivity index (χ2v) is 7.15. The molecule has 0 saturated carbocycles. The Hall–Kier alpha value is -0.220. The highest BCUT2D eigenvalue weighted by atomic mass is 32.2. The summed E-state index contributed by atoms with van der Waals surface area (Å²) in [5.41, 5.74) is 0.0941. The van der Waals surface area contributed by atoms with Gasteiger partial charge in [-0.25, -0.2) is 0 Å². The van der Waals surface area contributed by atoms with Gasteiger partial charge in [-0.1, -0.05) is 25.6 Å². The standard InChI is InChI=1S/C13H24N2OS/c1-10(2)7-11-8-14-12(17-11)15-13(3)5-4-6-16-9-13/h10-11H,4-9H2,1-3H3,(H,14,15). The summed E-state index contributed by atoms with van der Waals surface area (Å²) in [5, 5.41) is 5.39. The van der Waals surface area contributed by atoms with Crippen molar-refractivity contribution in [2.75, 3.05) is 19.8 Å². The monoisotopic (exact) mass is 256 g/mol. The number of hydrogen-bond donors (Lipinski definition) is 1. The highest BCUT2D eigenvalue weighted by molar-refractivity contribution is 8.14. The smallest absolute Gasteiger partial charge is 0.157 e. The molecule has 2 atom stereocenters. The van der Waals surface area contributed by atoms with Crippen LogP contribution in [0.2, 0.25) is 0 Å². The molecule has 1 N–H and O–H groups in total. The van der Waals surface area contributed by atoms with Crippen molar-refractivity contribution in [1.29, 1.82) is 0 Å². The van der Waals surface area contributed by atoms with Crippen LogP contribution in [0.3, 0.4) is 0 Å². The molecule has 1 fully saturated rings. The fourth-order valence-corrected chi connectivity index (χ4v) is 3.83. The SMILES string of the molecule is CC(C)CC1CN=C(NC2(C)CCCOC2)S1. The molecule has 4 heteroatoms. The molecule has 0 aromatic carbocycles. The Kier molecular flexibility index (Phi) is 4.36. The molecule has 3 nitrogen and oxygen atoms in total. The minimum atomic E-state index is 0.0941. The molecule has 98 valence electrons. The van der Waals surface area contributed by atoms with Gasteiger partial charge in [0.1, 0.15) is 0 Å². The number of hydrogen-bond acceptors (Lipinski definition) is 4. The number of aliphatic imine (C=N–C) groups is 1. The van der Waals surface area contributed by atoms with Crippen molar-refractivity contribution in [3.8, 4) is 0 Å². The Balaban J connectivity index is 1.80. The average molecular weight is 256 g/mol. The first-order valence-corrected chi connectivity index (χ1v) is 7.52. The first-order chi connectivity index (χ1) is 8.07. The van der Waals surface area contributed by atoms with Gasteiger partial charge in [0.05, 0.1) is 18.7 Å². The molecule has 2 unspecified atom stereocenters. The molecule has 0 amide bonds. The van der Waals surface area contributed by atoms with E-state index in [0.29, 0.717) is 5.25 Å². The van der Waals surface area contributed by atoms with Gasteiger partial charge in [-0.15, -0.1) is 0 Å². The molecule has 0 radical (unpaired) electrons. The van der Waals surface area contributed by atoms with Gasteiger partial charge in [0.2, 0.25) is 0 Å². The molecule has 0 bridgehead atoms. The van der Waals surface area contributed by atoms with E-state index in [0.717, 1.165) is 37.3 Å². The van der Waals surface area contributed by atoms with Crippen LogP contribution in [0.15, 0.2) is 4.99 Å². The fourth-order valence-electron chi connectivity index (χ4n) is 2.43. The van der Waals surface area contributed by atoms with Crippen molar-refractivity contribution >= 4 is 16.9 Å². The summed E-state index contributed by atoms with van der Waals surface area (Å²) in [5.74, 6) is 0.760. The van der Waals surface area contributed by atoms with E-state index in [4.69, 9.17) is 4.74 Å². The van der Waals surface area contributed by atoms with Crippen LogP contribution in [-0.4, -0.2) is 35.7 Å². The van der Waals surface area contributed by atoms with Gasteiger partial charge in [0, 0.05) is 11.9 Å². The zero-order valence-electron chi connectivity index (χ0n) is 11.2. The zero-order chi connectivity index (χ0) is 12.3. The Morgan fingerprint density at radius 3 is 3.06 bits per heavy atom. The third-order valence-corrected chi connectivity index (χ3v) is 4.43. The van der Waals surface area contributed by atoms with E-state index in [1.54, 1.807) is 0 Å². The summed E-state index contributed by atoms with van der Waals surface area (Å²) < 4.78 is 5.56. The van der Waals surface area contributed by atoms with Crippen LogP contribution in [0, 0.1) is 5.92 Å². The van der Waals surface area contributed by atoms with Crippen LogP contribution in [-0.2, 0) is 4.74 Å². The van der Waals surface area contributed by atoms with Crippen LogP contribution < -0.4 is 5.32 Å². The first kappa shape index (κ1) is 13.2. The van der Waals surface area contributed by atoms with E-state index in [-0.39, 0.29) is 5.54 Å². The lowest BCUT2D eigenvalue weighted by Gasteiger charge is -2.34. The number of amidine groups is 1. The van der Waals surface area contributed by atoms with Gasteiger partial charge in [0.25, 0.3) is 0 Å². The molecular formula is C13H24N2OS. The lowest BCUT2D eigenvalue weighted by atomic mass is 9.95. The lowest BCUT2D eigenvalue weighted by Crippen LogP contribution is -2.50. The second kappa shape index (κ2) is 5.61. The predicted molar refractivity (Wildman–Crippen MR) is 74.7 cm³/mol. The van der Waals surface area contributed by atoms with Gasteiger partial charge in [0.15, 0.2) is 5.17 Å². The van der Waals surface area contributed by atoms with Crippen LogP contribution in [0.25, 0.3) is 0 Å². The number of nitrogens with one attached hydrogen (secondary N) is 1. The van der Waals surface area contributed by atoms with Crippen molar-refractivity contribution in [3.63, 3.8) is 0 Å². The highest BCUT2D eigenvalue weighted by Crippen LogP contribution is 2.28. The second-order valence-electron chi connectivity index (χ2n) is 5.86. The summed E-state index contributed by atoms with van der Waals surface area (Å²) in [4.78, 5) is 4.62. The maximum Gasteiger partial charge on any atom is 0.157 e. The number of ether oxygens (including phenoxy) is 1. The van der Waals surface area contributed by atoms with E-state index in [1.807, 2.05) is 11.8 Å². The molecule has 0 aromatic rings. The van der Waals surface area contributed by atoms with Crippen molar-refractivity contribution in [2.45, 2.75) is 50.8 Å². The Labute approximate surface area is 109 Å². The van der Waals surface area contributed by atoms with Gasteiger partial charge >= 0.3 is 0 Å². The summed E-state index contributed by atoms with van der Waals surface area (Å²) >= 11 is 1.91. The largest absolute Gasteiger partial charge is 0.379 e. The summed E-state index contributed by atoms with van der Waals surface area (Å²) in [7, 11) is 0. The van der Waals surface area contributed by atoms with Crippen molar-refractivity contribution in [3.05, 3.63) is 0 Å². The molecule has 2 aliphatic heterocycles. The van der Waals surface area contributed by atoms with Crippen molar-refractivity contribution < 1.29 is 4.74 Å². The quantitative estimate of drug-likeness (QED) is 0.843. The van der Waals surface area contributed by atoms with Crippen LogP contribution in [0.1, 0.15) is 40.0 Å². The van der Waals surface area contributed by atoms with E-state index < -0.39 is 0 Å². The Morgan fingerprint density at radius 1 is 1.59 bits per heavy atom. The predicted octanol–water partition coefficient (Wildman–Crippen LogP) is 2.66. The minimum Gasteiger partial charge on any atom is -0.379 e. The van der Waals surface area contributed by atoms with Gasteiger partial charge in [-0.3, -0.25) is 4.99 Å². The van der Waals surface area contributed by atoms with Crippen molar-refractivity contribution in [1.82, 2.24) is 5.32 Å². The third-order valence-electron chi connectivity index (χ3n) is 3.30. The molecule has 1 saturated heterocycles. The average Bonchev–Trinajstić information content (AvgIpc) is 2.64. The van der Waals surface area contributed by atoms with Crippen LogP contribution in [0.5, 0.6) is 0 Å². The van der Waals surface area contributed by atoms with Crippen molar-refractivity contribution in [2.24, 2.45) is 10.9 Å². The lowest BCUT2D eigenvalue weighted by molar-refractivity contribution is 0.0375. The van der Waals surface area contributed by atoms with E-state index in [2.05, 4.69) is 31.1 Å². The number of nitrogens with zero attached hydrogens (tertiary/aromatic N) is 1. The zero-order valence-corrected chi connectivity index (χ0v) is 12.0. The molecule has 2 rings (SSSR count). The van der Waals surface area contributed by atoms with Gasteiger partial charge in [-0.05, 0) is 32.1 Å². The molecule has 17 heavy (non-hydrogen) atoms. The van der Waals surface area contributed by atoms with Crippen LogP contribution in [0.4, 0.5) is 0 Å². The van der Waals surface area contributed by atoms with Gasteiger partial charge < -0.3 is 10.1 Å². The molecule has 2 aliphatic rings. The fraction of sp³-hybridized carbons (Fsp3) is 0.923. The van der Waals surface area contributed by atoms with Gasteiger partial charge in [-0.2, -0.15) is 0 Å². The normalized spacial score (nSPS) is 33.9. The minimum absolute atomic E-state index is 0.0941. The molecule has 0 aliphatic carbocycles. The third kappa shape index (κ3) is 3.88. The molecule has 2 heterocycles. The molecule has 0 spiro atoms. The number of rotatable bonds is 3. The van der Waals surface area contributed by atoms with E-state index >= 15 is 0 Å². The topological polar surface area (TPSA) is 33.6 Å². The Morgan fingerprint density at radius 2 is 2.41 bits per heavy atom. The summed E-state index contributed by atoms with van der Waals surface area (Å²) in [6.07, 6.45) is 3.59. The summed E-state index contributed by atoms with van der Waals surface area (Å²) in [6, 6.07) is 0. The molecular weight excluding hydrogens is 232 g/mol. The van der Waals surface area contributed by atoms with Crippen LogP contribution >= 0.6 is 11.8 Å². The maximum absolute atomic E-state index is 5.56. The first-order valence-electron chi connectivity index (χ1n) is 6.64. The Bertz CT molecular complexity index is 285. The maximum atomic E-state index is 5.56. The molecule has 0 aromatic heterocycles. The van der Waals surface area contributed by atoms with E-state index in [1.165, 1.54) is 12.8 Å². The number of thioether (sulfide) groups is 1.